The summed E-state index contributed by atoms with van der Waals surface area (Å²) in [5.74, 6) is -5.87. The smallest absolute Gasteiger partial charge is 0.283 e. The highest BCUT2D eigenvalue weighted by molar-refractivity contribution is 5.96. The average molecular weight is 1530 g/mol. The normalized spacial score (nSPS) is 10.9. The Morgan fingerprint density at radius 3 is 0.609 bits per heavy atom. The summed E-state index contributed by atoms with van der Waals surface area (Å²) < 4.78 is 1.63. The van der Waals surface area contributed by atoms with Crippen LogP contribution < -0.4 is 76.4 Å². The summed E-state index contributed by atoms with van der Waals surface area (Å²) >= 11 is 0. The van der Waals surface area contributed by atoms with Gasteiger partial charge in [-0.25, -0.2) is 0 Å². The maximum Gasteiger partial charge on any atom is 0.283 e. The van der Waals surface area contributed by atoms with E-state index in [4.69, 9.17) is 0 Å². The lowest BCUT2D eigenvalue weighted by Gasteiger charge is -2.28. The first kappa shape index (κ1) is 83.0. The van der Waals surface area contributed by atoms with Crippen molar-refractivity contribution in [3.05, 3.63) is 274 Å². The molecule has 0 aliphatic heterocycles. The monoisotopic (exact) mass is 1530 g/mol. The lowest BCUT2D eigenvalue weighted by atomic mass is 10.2. The van der Waals surface area contributed by atoms with Crippen LogP contribution in [-0.4, -0.2) is 251 Å². The highest BCUT2D eigenvalue weighted by atomic mass is 16.5. The van der Waals surface area contributed by atoms with E-state index in [1.807, 2.05) is 9.80 Å². The van der Waals surface area contributed by atoms with Crippen LogP contribution in [0.3, 0.4) is 0 Å². The molecular formula is C68H78N18O24. The molecular weight excluding hydrogens is 1450 g/mol. The van der Waals surface area contributed by atoms with Gasteiger partial charge in [-0.2, -0.15) is 0 Å². The van der Waals surface area contributed by atoms with Crippen molar-refractivity contribution in [3.8, 4) is 0 Å². The van der Waals surface area contributed by atoms with Crippen molar-refractivity contribution in [3.63, 3.8) is 0 Å². The second-order valence-electron chi connectivity index (χ2n) is 23.7. The third-order valence-corrected chi connectivity index (χ3v) is 16.3. The Labute approximate surface area is 618 Å². The van der Waals surface area contributed by atoms with Gasteiger partial charge in [0.05, 0.1) is 0 Å². The van der Waals surface area contributed by atoms with Crippen molar-refractivity contribution in [2.24, 2.45) is 0 Å². The molecule has 0 aliphatic carbocycles. The molecule has 0 aliphatic rings. The van der Waals surface area contributed by atoms with Crippen molar-refractivity contribution in [1.29, 1.82) is 0 Å². The number of unbranched alkanes of at least 4 members (excludes halogenated alkanes) is 1. The summed E-state index contributed by atoms with van der Waals surface area (Å²) in [6.45, 7) is 1.40. The van der Waals surface area contributed by atoms with Crippen LogP contribution in [0.2, 0.25) is 0 Å². The van der Waals surface area contributed by atoms with E-state index in [1.165, 1.54) is 107 Å². The largest absolute Gasteiger partial charge is 0.425 e. The van der Waals surface area contributed by atoms with Gasteiger partial charge in [0.2, 0.25) is 0 Å². The molecule has 8 aromatic heterocycles. The number of amides is 8. The second kappa shape index (κ2) is 40.2. The van der Waals surface area contributed by atoms with Crippen LogP contribution in [0.5, 0.6) is 0 Å². The second-order valence-corrected chi connectivity index (χ2v) is 23.7. The minimum absolute atomic E-state index is 0.00576. The molecule has 8 rings (SSSR count). The number of hydrogen-bond donors (Lipinski definition) is 14. The standard InChI is InChI=1S/C34H40N10O12.C34H38N8O12/c45-27-9-1-5-23(41(27)53)31(49)35-13-17-39(18-14-36-32(50)24-6-2-10-28(46)42(24)54)21-22-40(19-15-37-33(51)25-7-3-11-29(47)43(25)55)20-16-38-34(52)26-8-4-12-30(48)44(26)56;43-27-13-3-9-23(39(27)51)31(47)35-17-7-21-37(33(49)25-11-5-15-29(45)41(25)53)19-1-2-20-38(34(50)26-12-6-16-30(46)42(26)54)22-8-18-36-32(48)24-10-4-14-28(44)40(24)52/h1-12,53-56H,13-22H2,(H,35,49)(H,36,50)(H,37,51)(H,38,52);3-6,9-16,51-54H,1-2,7-8,17-22H2,(H,35,47)(H,36,48). The summed E-state index contributed by atoms with van der Waals surface area (Å²) in [5, 5.41) is 95.5. The third-order valence-electron chi connectivity index (χ3n) is 16.3. The molecule has 0 fully saturated rings. The van der Waals surface area contributed by atoms with Crippen LogP contribution in [0.4, 0.5) is 0 Å². The fourth-order valence-electron chi connectivity index (χ4n) is 10.5. The van der Waals surface area contributed by atoms with Gasteiger partial charge in [-0.15, -0.1) is 37.8 Å². The highest BCUT2D eigenvalue weighted by Crippen LogP contribution is 2.11. The molecule has 8 heterocycles. The molecule has 14 N–H and O–H groups in total. The Hall–Kier alpha value is -14.3. The fraction of sp³-hybridized carbons (Fsp3) is 0.294. The maximum absolute atomic E-state index is 13.5. The first-order valence-electron chi connectivity index (χ1n) is 33.6. The van der Waals surface area contributed by atoms with Crippen molar-refractivity contribution >= 4 is 47.3 Å². The maximum atomic E-state index is 13.5. The van der Waals surface area contributed by atoms with Crippen molar-refractivity contribution in [1.82, 2.24) is 89.3 Å². The van der Waals surface area contributed by atoms with Crippen molar-refractivity contribution < 1.29 is 80.0 Å². The van der Waals surface area contributed by atoms with Crippen molar-refractivity contribution in [2.75, 3.05) is 105 Å². The molecule has 42 heteroatoms. The van der Waals surface area contributed by atoms with E-state index in [9.17, 15) is 118 Å². The van der Waals surface area contributed by atoms with E-state index in [0.29, 0.717) is 0 Å². The van der Waals surface area contributed by atoms with Gasteiger partial charge in [0.15, 0.2) is 0 Å². The number of nitrogens with zero attached hydrogens (tertiary/aromatic N) is 12. The zero-order valence-corrected chi connectivity index (χ0v) is 58.5. The van der Waals surface area contributed by atoms with Crippen molar-refractivity contribution in [2.45, 2.75) is 25.7 Å². The third kappa shape index (κ3) is 22.8. The number of pyridine rings is 8. The van der Waals surface area contributed by atoms with Gasteiger partial charge in [0.25, 0.3) is 91.7 Å². The van der Waals surface area contributed by atoms with Crippen LogP contribution in [0.25, 0.3) is 0 Å². The van der Waals surface area contributed by atoms with Gasteiger partial charge >= 0.3 is 0 Å². The first-order chi connectivity index (χ1) is 52.6. The molecule has 8 amide bonds. The van der Waals surface area contributed by atoms with Crippen LogP contribution in [0, 0.1) is 0 Å². The number of carbonyl (C=O) groups is 8. The van der Waals surface area contributed by atoms with E-state index in [0.717, 1.165) is 48.5 Å². The number of hydrogen-bond acceptors (Lipinski definition) is 26. The molecule has 42 nitrogen and oxygen atoms in total. The molecule has 110 heavy (non-hydrogen) atoms. The average Bonchev–Trinajstić information content (AvgIpc) is 0.846. The minimum atomic E-state index is -0.839. The van der Waals surface area contributed by atoms with Gasteiger partial charge in [0, 0.05) is 153 Å². The molecule has 0 unspecified atom stereocenters. The Morgan fingerprint density at radius 1 is 0.227 bits per heavy atom. The lowest BCUT2D eigenvalue weighted by molar-refractivity contribution is 0.0657. The molecule has 0 atom stereocenters. The van der Waals surface area contributed by atoms with Crippen LogP contribution in [-0.2, 0) is 0 Å². The van der Waals surface area contributed by atoms with Crippen LogP contribution in [0.1, 0.15) is 110 Å². The van der Waals surface area contributed by atoms with Crippen LogP contribution >= 0.6 is 0 Å². The number of nitrogens with one attached hydrogen (secondary N) is 6. The number of carbonyl (C=O) groups excluding carboxylic acids is 8. The topological polar surface area (TPSA) is 560 Å². The summed E-state index contributed by atoms with van der Waals surface area (Å²) in [5.41, 5.74) is -8.95. The summed E-state index contributed by atoms with van der Waals surface area (Å²) in [4.78, 5) is 204. The quantitative estimate of drug-likeness (QED) is 0.0132. The van der Waals surface area contributed by atoms with Gasteiger partial charge in [-0.05, 0) is 74.2 Å². The molecule has 0 saturated carbocycles. The number of aromatic nitrogens is 8. The Balaban J connectivity index is 0.000000306. The molecule has 0 bridgehead atoms. The molecule has 0 saturated heterocycles. The zero-order valence-electron chi connectivity index (χ0n) is 58.5. The van der Waals surface area contributed by atoms with E-state index in [2.05, 4.69) is 31.9 Å². The number of rotatable bonds is 36. The van der Waals surface area contributed by atoms with E-state index >= 15 is 0 Å². The minimum Gasteiger partial charge on any atom is -0.425 e. The lowest BCUT2D eigenvalue weighted by Crippen LogP contribution is -2.46. The fourth-order valence-corrected chi connectivity index (χ4v) is 10.5. The zero-order chi connectivity index (χ0) is 80.1. The van der Waals surface area contributed by atoms with Gasteiger partial charge in [0.1, 0.15) is 45.6 Å². The predicted octanol–water partition coefficient (Wildman–Crippen LogP) is -3.81. The first-order valence-corrected chi connectivity index (χ1v) is 33.6. The van der Waals surface area contributed by atoms with Gasteiger partial charge in [-0.1, -0.05) is 48.5 Å². The summed E-state index contributed by atoms with van der Waals surface area (Å²) in [6, 6.07) is 28.9. The summed E-state index contributed by atoms with van der Waals surface area (Å²) in [6.07, 6.45) is 0.891. The molecule has 0 radical (unpaired) electrons. The van der Waals surface area contributed by atoms with E-state index < -0.39 is 91.7 Å². The van der Waals surface area contributed by atoms with Crippen LogP contribution in [0.15, 0.2) is 184 Å². The Morgan fingerprint density at radius 2 is 0.400 bits per heavy atom. The Kier molecular flexibility index (Phi) is 30.4. The SMILES string of the molecule is O=C(NCCCN(CCCCN(CCCNC(=O)c1cccc(=O)n1O)C(=O)c1cccc(=O)n1O)C(=O)c1cccc(=O)n1O)c1cccc(=O)n1O.O=C(NCCN(CCNC(=O)c1cccc(=O)n1O)CCN(CCNC(=O)c1cccc(=O)n1O)CCNC(=O)c1cccc(=O)n1O)c1cccc(=O)n1O. The van der Waals surface area contributed by atoms with E-state index in [1.54, 1.807) is 0 Å². The summed E-state index contributed by atoms with van der Waals surface area (Å²) in [7, 11) is 0. The predicted molar refractivity (Wildman–Crippen MR) is 380 cm³/mol. The molecule has 584 valence electrons. The molecule has 8 aromatic rings. The molecule has 0 spiro atoms. The van der Waals surface area contributed by atoms with Gasteiger partial charge < -0.3 is 83.4 Å². The Bertz CT molecular complexity index is 4690. The highest BCUT2D eigenvalue weighted by Gasteiger charge is 2.25. The molecule has 0 aromatic carbocycles. The van der Waals surface area contributed by atoms with Gasteiger partial charge in [-0.3, -0.25) is 86.5 Å². The van der Waals surface area contributed by atoms with E-state index in [-0.39, 0.29) is 214 Å².